The van der Waals surface area contributed by atoms with Crippen LogP contribution in [0, 0.1) is 5.92 Å². The van der Waals surface area contributed by atoms with E-state index >= 15 is 0 Å². The van der Waals surface area contributed by atoms with Gasteiger partial charge in [-0.05, 0) is 49.3 Å². The molecule has 0 radical (unpaired) electrons. The lowest BCUT2D eigenvalue weighted by Crippen LogP contribution is -2.23. The molecule has 0 aliphatic heterocycles. The number of sulfone groups is 1. The molecule has 2 atom stereocenters. The number of carbonyl (C=O) groups excluding carboxylic acids is 2. The zero-order valence-electron chi connectivity index (χ0n) is 16.4. The van der Waals surface area contributed by atoms with E-state index in [1.807, 2.05) is 0 Å². The first kappa shape index (κ1) is 19.8. The highest BCUT2D eigenvalue weighted by atomic mass is 32.2. The Morgan fingerprint density at radius 1 is 1.21 bits per heavy atom. The molecule has 8 heteroatoms. The van der Waals surface area contributed by atoms with Gasteiger partial charge in [-0.25, -0.2) is 8.42 Å². The summed E-state index contributed by atoms with van der Waals surface area (Å²) < 4.78 is 26.5. The van der Waals surface area contributed by atoms with E-state index in [4.69, 9.17) is 0 Å². The van der Waals surface area contributed by atoms with Gasteiger partial charge in [0.05, 0.1) is 16.1 Å². The van der Waals surface area contributed by atoms with Gasteiger partial charge in [0, 0.05) is 32.2 Å². The van der Waals surface area contributed by atoms with Gasteiger partial charge in [0.25, 0.3) is 0 Å². The summed E-state index contributed by atoms with van der Waals surface area (Å²) in [6.45, 7) is 0. The van der Waals surface area contributed by atoms with E-state index in [0.29, 0.717) is 30.0 Å². The summed E-state index contributed by atoms with van der Waals surface area (Å²) in [4.78, 5) is 25.0. The summed E-state index contributed by atoms with van der Waals surface area (Å²) in [5.74, 6) is 0.214. The van der Waals surface area contributed by atoms with Crippen LogP contribution >= 0.6 is 0 Å². The Bertz CT molecular complexity index is 1020. The lowest BCUT2D eigenvalue weighted by Gasteiger charge is -2.20. The predicted molar refractivity (Wildman–Crippen MR) is 108 cm³/mol. The van der Waals surface area contributed by atoms with E-state index < -0.39 is 15.8 Å². The van der Waals surface area contributed by atoms with Crippen molar-refractivity contribution in [1.82, 2.24) is 9.78 Å². The summed E-state index contributed by atoms with van der Waals surface area (Å²) in [5, 5.41) is 6.78. The van der Waals surface area contributed by atoms with Crippen LogP contribution in [-0.4, -0.2) is 35.1 Å². The largest absolute Gasteiger partial charge is 0.309 e. The molecule has 1 amide bonds. The smallest absolute Gasteiger partial charge is 0.233 e. The maximum absolute atomic E-state index is 13.0. The molecule has 0 bridgehead atoms. The molecule has 1 unspecified atom stereocenters. The van der Waals surface area contributed by atoms with Crippen LogP contribution in [0.25, 0.3) is 0 Å². The highest BCUT2D eigenvalue weighted by molar-refractivity contribution is 7.92. The molecular weight excluding hydrogens is 390 g/mol. The van der Waals surface area contributed by atoms with E-state index in [1.54, 1.807) is 48.3 Å². The summed E-state index contributed by atoms with van der Waals surface area (Å²) in [7, 11) is -1.49. The first-order valence-electron chi connectivity index (χ1n) is 9.99. The van der Waals surface area contributed by atoms with Crippen LogP contribution in [0.2, 0.25) is 0 Å². The molecule has 0 saturated heterocycles. The molecule has 1 heterocycles. The van der Waals surface area contributed by atoms with Gasteiger partial charge < -0.3 is 5.32 Å². The van der Waals surface area contributed by atoms with Crippen molar-refractivity contribution in [2.45, 2.75) is 54.6 Å². The van der Waals surface area contributed by atoms with Gasteiger partial charge in [-0.2, -0.15) is 5.10 Å². The van der Waals surface area contributed by atoms with Crippen LogP contribution in [0.3, 0.4) is 0 Å². The van der Waals surface area contributed by atoms with Gasteiger partial charge in [-0.15, -0.1) is 0 Å². The van der Waals surface area contributed by atoms with Crippen LogP contribution in [-0.2, 0) is 26.5 Å². The molecule has 1 aromatic heterocycles. The Labute approximate surface area is 170 Å². The fraction of sp³-hybridized carbons (Fsp3) is 0.476. The van der Waals surface area contributed by atoms with Crippen molar-refractivity contribution in [2.75, 3.05) is 5.32 Å². The number of hydrogen-bond acceptors (Lipinski definition) is 5. The number of rotatable bonds is 7. The minimum Gasteiger partial charge on any atom is -0.309 e. The highest BCUT2D eigenvalue weighted by Gasteiger charge is 2.37. The second kappa shape index (κ2) is 7.74. The molecular formula is C21H25N3O4S. The normalized spacial score (nSPS) is 20.6. The molecule has 2 fully saturated rings. The Morgan fingerprint density at radius 2 is 1.93 bits per heavy atom. The van der Waals surface area contributed by atoms with E-state index in [1.165, 1.54) is 0 Å². The third-order valence-corrected chi connectivity index (χ3v) is 8.05. The van der Waals surface area contributed by atoms with Crippen LogP contribution in [0.4, 0.5) is 5.82 Å². The summed E-state index contributed by atoms with van der Waals surface area (Å²) in [6.07, 6.45) is 5.60. The minimum absolute atomic E-state index is 0.164. The molecule has 1 aromatic carbocycles. The zero-order chi connectivity index (χ0) is 20.6. The lowest BCUT2D eigenvalue weighted by atomic mass is 9.87. The van der Waals surface area contributed by atoms with Crippen molar-refractivity contribution in [1.29, 1.82) is 0 Å². The predicted octanol–water partition coefficient (Wildman–Crippen LogP) is 2.84. The first-order valence-corrected chi connectivity index (χ1v) is 11.5. The van der Waals surface area contributed by atoms with Crippen LogP contribution < -0.4 is 5.32 Å². The quantitative estimate of drug-likeness (QED) is 0.750. The fourth-order valence-electron chi connectivity index (χ4n) is 3.98. The van der Waals surface area contributed by atoms with Gasteiger partial charge in [-0.1, -0.05) is 12.1 Å². The summed E-state index contributed by atoms with van der Waals surface area (Å²) in [5.41, 5.74) is 0.757. The molecule has 2 saturated carbocycles. The minimum atomic E-state index is -3.26. The van der Waals surface area contributed by atoms with E-state index in [9.17, 15) is 18.0 Å². The van der Waals surface area contributed by atoms with E-state index in [0.717, 1.165) is 24.8 Å². The zero-order valence-corrected chi connectivity index (χ0v) is 17.2. The number of benzene rings is 1. The maximum Gasteiger partial charge on any atom is 0.233 e. The molecule has 0 spiro atoms. The average Bonchev–Trinajstić information content (AvgIpc) is 3.37. The molecule has 2 aliphatic carbocycles. The Morgan fingerprint density at radius 3 is 2.48 bits per heavy atom. The molecule has 7 nitrogen and oxygen atoms in total. The monoisotopic (exact) mass is 415 g/mol. The standard InChI is InChI=1S/C21H25N3O4S/c1-24-11-10-20(23-24)22-21(26)19(13-14-2-5-16(25)12-14)15-3-6-17(7-4-15)29(27,28)18-8-9-18/h3-4,6-7,10-11,14,18-19H,2,5,8-9,12-13H2,1H3,(H,22,23,26)/t14?,19-/m1/s1. The highest BCUT2D eigenvalue weighted by Crippen LogP contribution is 2.36. The topological polar surface area (TPSA) is 98.1 Å². The van der Waals surface area contributed by atoms with E-state index in [2.05, 4.69) is 10.4 Å². The fourth-order valence-corrected chi connectivity index (χ4v) is 5.63. The third kappa shape index (κ3) is 4.42. The van der Waals surface area contributed by atoms with Crippen LogP contribution in [0.1, 0.15) is 50.0 Å². The number of nitrogens with one attached hydrogen (secondary N) is 1. The van der Waals surface area contributed by atoms with Crippen LogP contribution in [0.5, 0.6) is 0 Å². The van der Waals surface area contributed by atoms with Crippen molar-refractivity contribution in [2.24, 2.45) is 13.0 Å². The number of amides is 1. The van der Waals surface area contributed by atoms with Crippen molar-refractivity contribution >= 4 is 27.3 Å². The van der Waals surface area contributed by atoms with Gasteiger partial charge in [-0.3, -0.25) is 14.3 Å². The SMILES string of the molecule is Cn1ccc(NC(=O)[C@H](CC2CCC(=O)C2)c2ccc(S(=O)(=O)C3CC3)cc2)n1. The Balaban J connectivity index is 1.56. The second-order valence-corrected chi connectivity index (χ2v) is 10.3. The van der Waals surface area contributed by atoms with Crippen molar-refractivity contribution < 1.29 is 18.0 Å². The number of anilines is 1. The number of hydrogen-bond donors (Lipinski definition) is 1. The number of aromatic nitrogens is 2. The Kier molecular flexibility index (Phi) is 5.29. The van der Waals surface area contributed by atoms with Gasteiger partial charge >= 0.3 is 0 Å². The van der Waals surface area contributed by atoms with Crippen molar-refractivity contribution in [3.05, 3.63) is 42.1 Å². The number of nitrogens with zero attached hydrogens (tertiary/aromatic N) is 2. The lowest BCUT2D eigenvalue weighted by molar-refractivity contribution is -0.119. The molecule has 2 aromatic rings. The Hall–Kier alpha value is -2.48. The summed E-state index contributed by atoms with van der Waals surface area (Å²) in [6, 6.07) is 8.39. The van der Waals surface area contributed by atoms with Gasteiger partial charge in [0.1, 0.15) is 5.78 Å². The van der Waals surface area contributed by atoms with Crippen molar-refractivity contribution in [3.8, 4) is 0 Å². The first-order chi connectivity index (χ1) is 13.8. The third-order valence-electron chi connectivity index (χ3n) is 5.77. The van der Waals surface area contributed by atoms with Crippen LogP contribution in [0.15, 0.2) is 41.4 Å². The molecule has 4 rings (SSSR count). The maximum atomic E-state index is 13.0. The van der Waals surface area contributed by atoms with Crippen molar-refractivity contribution in [3.63, 3.8) is 0 Å². The summed E-state index contributed by atoms with van der Waals surface area (Å²) >= 11 is 0. The molecule has 29 heavy (non-hydrogen) atoms. The second-order valence-electron chi connectivity index (χ2n) is 8.11. The average molecular weight is 416 g/mol. The van der Waals surface area contributed by atoms with Gasteiger partial charge in [0.15, 0.2) is 15.7 Å². The number of carbonyl (C=O) groups is 2. The number of Topliss-reactive ketones (excluding diaryl/α,β-unsaturated/α-hetero) is 1. The number of ketones is 1. The molecule has 154 valence electrons. The molecule has 1 N–H and O–H groups in total. The molecule has 2 aliphatic rings. The number of aryl methyl sites for hydroxylation is 1. The van der Waals surface area contributed by atoms with E-state index in [-0.39, 0.29) is 22.9 Å². The van der Waals surface area contributed by atoms with Gasteiger partial charge in [0.2, 0.25) is 5.91 Å².